The Morgan fingerprint density at radius 2 is 2.10 bits per heavy atom. The number of nitrogens with zero attached hydrogens (tertiary/aromatic N) is 3. The molecule has 2 aromatic heterocycles. The molecule has 2 heterocycles. The van der Waals surface area contributed by atoms with E-state index < -0.39 is 0 Å². The van der Waals surface area contributed by atoms with Gasteiger partial charge in [0, 0.05) is 17.7 Å². The van der Waals surface area contributed by atoms with Gasteiger partial charge in [0.25, 0.3) is 0 Å². The van der Waals surface area contributed by atoms with E-state index in [0.29, 0.717) is 12.4 Å². The van der Waals surface area contributed by atoms with Gasteiger partial charge in [0.2, 0.25) is 5.88 Å². The van der Waals surface area contributed by atoms with E-state index in [1.165, 1.54) is 12.8 Å². The van der Waals surface area contributed by atoms with Crippen molar-refractivity contribution in [3.63, 3.8) is 0 Å². The number of hydrogen-bond donors (Lipinski definition) is 1. The molecule has 2 aromatic rings. The van der Waals surface area contributed by atoms with Crippen molar-refractivity contribution in [1.29, 1.82) is 0 Å². The van der Waals surface area contributed by atoms with Crippen molar-refractivity contribution in [3.05, 3.63) is 42.0 Å². The van der Waals surface area contributed by atoms with Crippen LogP contribution in [0.4, 0.5) is 5.82 Å². The molecule has 0 aliphatic heterocycles. The van der Waals surface area contributed by atoms with Gasteiger partial charge in [-0.05, 0) is 25.0 Å². The van der Waals surface area contributed by atoms with Crippen LogP contribution in [0.25, 0.3) is 0 Å². The van der Waals surface area contributed by atoms with Gasteiger partial charge in [-0.3, -0.25) is 0 Å². The quantitative estimate of drug-likeness (QED) is 0.904. The third-order valence-electron chi connectivity index (χ3n) is 3.64. The Bertz CT molecular complexity index is 610. The summed E-state index contributed by atoms with van der Waals surface area (Å²) >= 11 is 0. The van der Waals surface area contributed by atoms with Gasteiger partial charge in [0.15, 0.2) is 0 Å². The third kappa shape index (κ3) is 2.71. The molecular formula is C15H18N4O. The van der Waals surface area contributed by atoms with Gasteiger partial charge in [0.05, 0.1) is 19.3 Å². The molecule has 104 valence electrons. The van der Waals surface area contributed by atoms with E-state index in [-0.39, 0.29) is 5.41 Å². The predicted octanol–water partition coefficient (Wildman–Crippen LogP) is 2.54. The molecule has 1 saturated carbocycles. The van der Waals surface area contributed by atoms with E-state index in [1.54, 1.807) is 7.11 Å². The van der Waals surface area contributed by atoms with E-state index in [2.05, 4.69) is 27.2 Å². The number of methoxy groups -OCH3 is 1. The first-order chi connectivity index (χ1) is 9.69. The molecule has 5 nitrogen and oxygen atoms in total. The maximum Gasteiger partial charge on any atom is 0.213 e. The average Bonchev–Trinajstić information content (AvgIpc) is 3.25. The molecular weight excluding hydrogens is 252 g/mol. The zero-order valence-electron chi connectivity index (χ0n) is 11.8. The smallest absolute Gasteiger partial charge is 0.213 e. The molecule has 0 radical (unpaired) electrons. The fourth-order valence-corrected chi connectivity index (χ4v) is 2.01. The van der Waals surface area contributed by atoms with Crippen molar-refractivity contribution in [2.45, 2.75) is 31.7 Å². The molecule has 0 saturated heterocycles. The molecule has 20 heavy (non-hydrogen) atoms. The fraction of sp³-hybridized carbons (Fsp3) is 0.400. The predicted molar refractivity (Wildman–Crippen MR) is 76.7 cm³/mol. The molecule has 0 unspecified atom stereocenters. The maximum absolute atomic E-state index is 5.11. The number of rotatable bonds is 5. The highest BCUT2D eigenvalue weighted by Crippen LogP contribution is 2.45. The lowest BCUT2D eigenvalue weighted by atomic mass is 10.1. The zero-order valence-corrected chi connectivity index (χ0v) is 11.8. The van der Waals surface area contributed by atoms with Crippen LogP contribution >= 0.6 is 0 Å². The molecule has 0 atom stereocenters. The number of aromatic nitrogens is 3. The summed E-state index contributed by atoms with van der Waals surface area (Å²) in [6.07, 6.45) is 4.16. The number of pyridine rings is 1. The van der Waals surface area contributed by atoms with Crippen molar-refractivity contribution in [2.75, 3.05) is 12.4 Å². The molecule has 1 aliphatic rings. The van der Waals surface area contributed by atoms with E-state index >= 15 is 0 Å². The minimum atomic E-state index is 0.186. The van der Waals surface area contributed by atoms with Crippen LogP contribution in [0.5, 0.6) is 5.88 Å². The van der Waals surface area contributed by atoms with Crippen LogP contribution in [0.1, 0.15) is 31.3 Å². The highest BCUT2D eigenvalue weighted by molar-refractivity contribution is 5.35. The van der Waals surface area contributed by atoms with Crippen LogP contribution in [-0.2, 0) is 12.0 Å². The van der Waals surface area contributed by atoms with Gasteiger partial charge in [-0.1, -0.05) is 13.0 Å². The Kier molecular flexibility index (Phi) is 3.26. The summed E-state index contributed by atoms with van der Waals surface area (Å²) in [5, 5.41) is 3.28. The fourth-order valence-electron chi connectivity index (χ4n) is 2.01. The first-order valence-corrected chi connectivity index (χ1v) is 6.77. The highest BCUT2D eigenvalue weighted by atomic mass is 16.5. The molecule has 0 amide bonds. The van der Waals surface area contributed by atoms with Crippen LogP contribution in [0.2, 0.25) is 0 Å². The summed E-state index contributed by atoms with van der Waals surface area (Å²) in [7, 11) is 1.62. The second-order valence-corrected chi connectivity index (χ2v) is 5.35. The molecule has 3 rings (SSSR count). The van der Waals surface area contributed by atoms with E-state index in [1.807, 2.05) is 30.5 Å². The number of nitrogens with one attached hydrogen (secondary N) is 1. The molecule has 0 bridgehead atoms. The van der Waals surface area contributed by atoms with Crippen LogP contribution in [0.15, 0.2) is 30.5 Å². The summed E-state index contributed by atoms with van der Waals surface area (Å²) in [4.78, 5) is 13.3. The van der Waals surface area contributed by atoms with Crippen molar-refractivity contribution >= 4 is 5.82 Å². The topological polar surface area (TPSA) is 59.9 Å². The first kappa shape index (κ1) is 12.8. The highest BCUT2D eigenvalue weighted by Gasteiger charge is 2.42. The molecule has 1 aliphatic carbocycles. The lowest BCUT2D eigenvalue weighted by Crippen LogP contribution is -2.10. The number of ether oxygens (including phenoxy) is 1. The molecule has 0 aromatic carbocycles. The van der Waals surface area contributed by atoms with Crippen LogP contribution < -0.4 is 10.1 Å². The van der Waals surface area contributed by atoms with Crippen molar-refractivity contribution in [1.82, 2.24) is 15.0 Å². The van der Waals surface area contributed by atoms with E-state index in [4.69, 9.17) is 4.74 Å². The van der Waals surface area contributed by atoms with Gasteiger partial charge in [0.1, 0.15) is 11.6 Å². The average molecular weight is 270 g/mol. The van der Waals surface area contributed by atoms with Crippen LogP contribution in [0.3, 0.4) is 0 Å². The first-order valence-electron chi connectivity index (χ1n) is 6.77. The lowest BCUT2D eigenvalue weighted by molar-refractivity contribution is 0.396. The van der Waals surface area contributed by atoms with Gasteiger partial charge >= 0.3 is 0 Å². The zero-order chi connectivity index (χ0) is 14.0. The van der Waals surface area contributed by atoms with Crippen molar-refractivity contribution in [2.24, 2.45) is 0 Å². The van der Waals surface area contributed by atoms with E-state index in [0.717, 1.165) is 17.3 Å². The minimum absolute atomic E-state index is 0.186. The second kappa shape index (κ2) is 5.07. The van der Waals surface area contributed by atoms with Gasteiger partial charge < -0.3 is 10.1 Å². The SMILES string of the molecule is COc1cccc(CNc2ccnc(C3(C)CC3)n2)n1. The minimum Gasteiger partial charge on any atom is -0.481 e. The largest absolute Gasteiger partial charge is 0.481 e. The molecule has 1 N–H and O–H groups in total. The summed E-state index contributed by atoms with van der Waals surface area (Å²) in [6.45, 7) is 2.82. The van der Waals surface area contributed by atoms with Gasteiger partial charge in [-0.2, -0.15) is 0 Å². The van der Waals surface area contributed by atoms with Crippen LogP contribution in [-0.4, -0.2) is 22.1 Å². The van der Waals surface area contributed by atoms with Crippen molar-refractivity contribution in [3.8, 4) is 5.88 Å². The normalized spacial score (nSPS) is 15.7. The van der Waals surface area contributed by atoms with Gasteiger partial charge in [-0.25, -0.2) is 15.0 Å². The van der Waals surface area contributed by atoms with E-state index in [9.17, 15) is 0 Å². The number of anilines is 1. The standard InChI is InChI=1S/C15H18N4O/c1-15(7-8-15)14-16-9-6-12(19-14)17-10-11-4-3-5-13(18-11)20-2/h3-6,9H,7-8,10H2,1-2H3,(H,16,17,19). The Hall–Kier alpha value is -2.17. The summed E-state index contributed by atoms with van der Waals surface area (Å²) in [6, 6.07) is 7.61. The Morgan fingerprint density at radius 1 is 1.25 bits per heavy atom. The Morgan fingerprint density at radius 3 is 2.85 bits per heavy atom. The number of hydrogen-bond acceptors (Lipinski definition) is 5. The maximum atomic E-state index is 5.11. The monoisotopic (exact) mass is 270 g/mol. The summed E-state index contributed by atoms with van der Waals surface area (Å²) in [5.41, 5.74) is 1.11. The van der Waals surface area contributed by atoms with Crippen molar-refractivity contribution < 1.29 is 4.74 Å². The lowest BCUT2D eigenvalue weighted by Gasteiger charge is -2.10. The molecule has 0 spiro atoms. The third-order valence-corrected chi connectivity index (χ3v) is 3.64. The van der Waals surface area contributed by atoms with Crippen LogP contribution in [0, 0.1) is 0 Å². The Labute approximate surface area is 118 Å². The molecule has 1 fully saturated rings. The summed E-state index contributed by atoms with van der Waals surface area (Å²) in [5.74, 6) is 2.40. The van der Waals surface area contributed by atoms with Gasteiger partial charge in [-0.15, -0.1) is 0 Å². The summed E-state index contributed by atoms with van der Waals surface area (Å²) < 4.78 is 5.11. The molecule has 5 heteroatoms. The second-order valence-electron chi connectivity index (χ2n) is 5.35. The Balaban J connectivity index is 1.68.